The van der Waals surface area contributed by atoms with E-state index in [1.54, 1.807) is 19.2 Å². The van der Waals surface area contributed by atoms with Crippen molar-refractivity contribution in [3.63, 3.8) is 0 Å². The van der Waals surface area contributed by atoms with Crippen LogP contribution in [0.15, 0.2) is 53.0 Å². The molecule has 2 aromatic carbocycles. The predicted molar refractivity (Wildman–Crippen MR) is 141 cm³/mol. The molecule has 2 amide bonds. The van der Waals surface area contributed by atoms with Crippen LogP contribution in [0.1, 0.15) is 22.0 Å². The maximum atomic E-state index is 14.0. The lowest BCUT2D eigenvalue weighted by Gasteiger charge is -2.21. The molecule has 9 nitrogen and oxygen atoms in total. The number of Topliss-reactive ketones (excluding diaryl/α,β-unsaturated/α-hetero) is 1. The van der Waals surface area contributed by atoms with Crippen molar-refractivity contribution in [2.75, 3.05) is 52.4 Å². The molecule has 1 aromatic heterocycles. The van der Waals surface area contributed by atoms with Gasteiger partial charge in [0.1, 0.15) is 12.3 Å². The molecule has 0 saturated carbocycles. The number of methoxy groups -OCH3 is 2. The Balaban J connectivity index is 1.59. The summed E-state index contributed by atoms with van der Waals surface area (Å²) in [6.07, 6.45) is 0. The van der Waals surface area contributed by atoms with Crippen LogP contribution in [-0.4, -0.2) is 79.6 Å². The fraction of sp³-hybridized carbons (Fsp3) is 0.346. The maximum absolute atomic E-state index is 14.0. The molecule has 1 aliphatic heterocycles. The lowest BCUT2D eigenvalue weighted by Crippen LogP contribution is -2.42. The number of nitrogens with zero attached hydrogens (tertiary/aromatic N) is 3. The first-order valence-electron chi connectivity index (χ1n) is 11.9. The molecule has 0 unspecified atom stereocenters. The summed E-state index contributed by atoms with van der Waals surface area (Å²) in [7, 11) is 3.01. The van der Waals surface area contributed by atoms with Gasteiger partial charge in [-0.2, -0.15) is 5.10 Å². The molecule has 12 heteroatoms. The van der Waals surface area contributed by atoms with E-state index in [1.807, 2.05) is 18.2 Å². The van der Waals surface area contributed by atoms with Crippen LogP contribution in [-0.2, 0) is 9.47 Å². The van der Waals surface area contributed by atoms with Gasteiger partial charge >= 0.3 is 6.03 Å². The summed E-state index contributed by atoms with van der Waals surface area (Å²) in [4.78, 5) is 27.9. The van der Waals surface area contributed by atoms with Gasteiger partial charge in [0.05, 0.1) is 22.8 Å². The molecule has 1 fully saturated rings. The van der Waals surface area contributed by atoms with Gasteiger partial charge in [-0.15, -0.1) is 0 Å². The number of ether oxygens (including phenoxy) is 2. The average molecular weight is 592 g/mol. The van der Waals surface area contributed by atoms with Crippen LogP contribution in [0.3, 0.4) is 0 Å². The number of urea groups is 1. The number of amides is 2. The van der Waals surface area contributed by atoms with E-state index < -0.39 is 23.7 Å². The van der Waals surface area contributed by atoms with Crippen molar-refractivity contribution >= 4 is 33.6 Å². The third kappa shape index (κ3) is 6.26. The van der Waals surface area contributed by atoms with Crippen LogP contribution >= 0.6 is 15.9 Å². The first kappa shape index (κ1) is 27.8. The topological polar surface area (TPSA) is 97.7 Å². The molecule has 38 heavy (non-hydrogen) atoms. The predicted octanol–water partition coefficient (Wildman–Crippen LogP) is 3.98. The van der Waals surface area contributed by atoms with Gasteiger partial charge in [-0.25, -0.2) is 18.3 Å². The highest BCUT2D eigenvalue weighted by Gasteiger charge is 2.35. The Morgan fingerprint density at radius 2 is 1.84 bits per heavy atom. The Hall–Kier alpha value is -3.19. The Morgan fingerprint density at radius 3 is 2.53 bits per heavy atom. The van der Waals surface area contributed by atoms with Crippen LogP contribution in [0.4, 0.5) is 19.4 Å². The Morgan fingerprint density at radius 1 is 1.08 bits per heavy atom. The summed E-state index contributed by atoms with van der Waals surface area (Å²) in [5.74, 6) is -2.26. The quantitative estimate of drug-likeness (QED) is 0.346. The van der Waals surface area contributed by atoms with E-state index in [1.165, 1.54) is 23.9 Å². The maximum Gasteiger partial charge on any atom is 0.320 e. The van der Waals surface area contributed by atoms with E-state index in [0.717, 1.165) is 6.07 Å². The molecule has 0 aliphatic carbocycles. The van der Waals surface area contributed by atoms with Crippen molar-refractivity contribution < 1.29 is 27.8 Å². The van der Waals surface area contributed by atoms with Crippen molar-refractivity contribution in [3.8, 4) is 5.69 Å². The van der Waals surface area contributed by atoms with E-state index in [9.17, 15) is 18.4 Å². The fourth-order valence-corrected chi connectivity index (χ4v) is 5.04. The molecule has 4 rings (SSSR count). The first-order chi connectivity index (χ1) is 18.3. The molecule has 2 N–H and O–H groups in total. The summed E-state index contributed by atoms with van der Waals surface area (Å²) in [6.45, 7) is 1.95. The van der Waals surface area contributed by atoms with Crippen molar-refractivity contribution in [2.45, 2.75) is 12.0 Å². The number of benzene rings is 2. The van der Waals surface area contributed by atoms with Gasteiger partial charge in [-0.3, -0.25) is 15.0 Å². The zero-order chi connectivity index (χ0) is 27.2. The number of anilines is 1. The molecule has 0 bridgehead atoms. The SMILES string of the molecule is COCCN1C[C@@H](NC(=O)Nc2c(Br)c(C(=O)COC)nn2-c2ccccc2)[C@H](c2ccc(F)c(F)c2)C1. The van der Waals surface area contributed by atoms with Gasteiger partial charge in [0, 0.05) is 39.8 Å². The zero-order valence-corrected chi connectivity index (χ0v) is 22.5. The minimum absolute atomic E-state index is 0.109. The number of hydrogen-bond acceptors (Lipinski definition) is 6. The standard InChI is InChI=1S/C26H28BrF2N5O4/c1-37-11-10-33-13-18(16-8-9-19(28)20(29)12-16)21(14-33)30-26(36)31-25-23(27)24(22(35)15-38-2)32-34(25)17-6-4-3-5-7-17/h3-9,12,18,21H,10-11,13-15H2,1-2H3,(H2,30,31,36)/t18-,21+/m0/s1. The van der Waals surface area contributed by atoms with Crippen molar-refractivity contribution in [1.82, 2.24) is 20.0 Å². The molecule has 2 heterocycles. The lowest BCUT2D eigenvalue weighted by atomic mass is 9.94. The number of likely N-dealkylation sites (tertiary alicyclic amines) is 1. The number of nitrogens with one attached hydrogen (secondary N) is 2. The van der Waals surface area contributed by atoms with Crippen molar-refractivity contribution in [2.24, 2.45) is 0 Å². The van der Waals surface area contributed by atoms with E-state index in [2.05, 4.69) is 36.6 Å². The van der Waals surface area contributed by atoms with Gasteiger partial charge in [-0.05, 0) is 45.8 Å². The van der Waals surface area contributed by atoms with E-state index in [0.29, 0.717) is 42.0 Å². The Bertz CT molecular complexity index is 1290. The summed E-state index contributed by atoms with van der Waals surface area (Å²) < 4.78 is 39.5. The summed E-state index contributed by atoms with van der Waals surface area (Å²) >= 11 is 3.41. The fourth-order valence-electron chi connectivity index (χ4n) is 4.47. The number of rotatable bonds is 10. The van der Waals surface area contributed by atoms with E-state index >= 15 is 0 Å². The minimum atomic E-state index is -0.940. The molecule has 1 aliphatic rings. The average Bonchev–Trinajstić information content (AvgIpc) is 3.45. The van der Waals surface area contributed by atoms with Crippen LogP contribution in [0, 0.1) is 11.6 Å². The van der Waals surface area contributed by atoms with Crippen LogP contribution in [0.5, 0.6) is 0 Å². The highest BCUT2D eigenvalue weighted by atomic mass is 79.9. The highest BCUT2D eigenvalue weighted by molar-refractivity contribution is 9.10. The molecule has 3 aromatic rings. The number of aromatic nitrogens is 2. The van der Waals surface area contributed by atoms with Crippen LogP contribution in [0.2, 0.25) is 0 Å². The lowest BCUT2D eigenvalue weighted by molar-refractivity contribution is 0.0841. The van der Waals surface area contributed by atoms with Crippen LogP contribution < -0.4 is 10.6 Å². The normalized spacial score (nSPS) is 17.5. The smallest absolute Gasteiger partial charge is 0.320 e. The Labute approximate surface area is 227 Å². The largest absolute Gasteiger partial charge is 0.383 e. The molecule has 202 valence electrons. The first-order valence-corrected chi connectivity index (χ1v) is 12.7. The second-order valence-corrected chi connectivity index (χ2v) is 9.65. The number of ketones is 1. The Kier molecular flexibility index (Phi) is 9.21. The number of halogens is 3. The van der Waals surface area contributed by atoms with E-state index in [-0.39, 0.29) is 29.8 Å². The monoisotopic (exact) mass is 591 g/mol. The third-order valence-electron chi connectivity index (χ3n) is 6.30. The zero-order valence-electron chi connectivity index (χ0n) is 20.9. The molecule has 1 saturated heterocycles. The van der Waals surface area contributed by atoms with Gasteiger partial charge in [0.25, 0.3) is 0 Å². The van der Waals surface area contributed by atoms with Crippen molar-refractivity contribution in [1.29, 1.82) is 0 Å². The van der Waals surface area contributed by atoms with Gasteiger partial charge in [0.2, 0.25) is 5.78 Å². The van der Waals surface area contributed by atoms with Gasteiger partial charge < -0.3 is 14.8 Å². The summed E-state index contributed by atoms with van der Waals surface area (Å²) in [5, 5.41) is 10.2. The number of para-hydroxylation sites is 1. The summed E-state index contributed by atoms with van der Waals surface area (Å²) in [6, 6.07) is 11.9. The summed E-state index contributed by atoms with van der Waals surface area (Å²) in [5.41, 5.74) is 1.32. The highest BCUT2D eigenvalue weighted by Crippen LogP contribution is 2.31. The third-order valence-corrected chi connectivity index (χ3v) is 7.05. The molecule has 2 atom stereocenters. The second kappa shape index (κ2) is 12.6. The van der Waals surface area contributed by atoms with Crippen LogP contribution in [0.25, 0.3) is 5.69 Å². The number of hydrogen-bond donors (Lipinski definition) is 2. The van der Waals surface area contributed by atoms with E-state index in [4.69, 9.17) is 9.47 Å². The minimum Gasteiger partial charge on any atom is -0.383 e. The van der Waals surface area contributed by atoms with Gasteiger partial charge in [0.15, 0.2) is 17.5 Å². The second-order valence-electron chi connectivity index (χ2n) is 8.85. The molecular formula is C26H28BrF2N5O4. The molecule has 0 spiro atoms. The molecule has 0 radical (unpaired) electrons. The van der Waals surface area contributed by atoms with Crippen molar-refractivity contribution in [3.05, 3.63) is 75.9 Å². The number of carbonyl (C=O) groups is 2. The number of carbonyl (C=O) groups excluding carboxylic acids is 2. The molecular weight excluding hydrogens is 564 g/mol. The van der Waals surface area contributed by atoms with Gasteiger partial charge in [-0.1, -0.05) is 24.3 Å².